The molecule has 0 aliphatic rings. The minimum absolute atomic E-state index is 0.0801. The van der Waals surface area contributed by atoms with E-state index in [0.29, 0.717) is 5.56 Å². The maximum Gasteiger partial charge on any atom is 0.257 e. The molecular weight excluding hydrogens is 202 g/mol. The van der Waals surface area contributed by atoms with Crippen LogP contribution < -0.4 is 0 Å². The van der Waals surface area contributed by atoms with E-state index in [2.05, 4.69) is 20.8 Å². The highest BCUT2D eigenvalue weighted by Crippen LogP contribution is 2.12. The number of furan rings is 1. The van der Waals surface area contributed by atoms with Gasteiger partial charge in [0, 0.05) is 12.6 Å². The summed E-state index contributed by atoms with van der Waals surface area (Å²) in [6.07, 6.45) is 6.19. The number of carbonyl (C=O) groups is 1. The molecular formula is C13H21NO2. The Morgan fingerprint density at radius 2 is 2.25 bits per heavy atom. The van der Waals surface area contributed by atoms with Crippen molar-refractivity contribution in [3.63, 3.8) is 0 Å². The highest BCUT2D eigenvalue weighted by atomic mass is 16.3. The third-order valence-corrected chi connectivity index (χ3v) is 2.90. The molecule has 0 radical (unpaired) electrons. The third kappa shape index (κ3) is 3.12. The molecule has 0 bridgehead atoms. The first-order valence-electron chi connectivity index (χ1n) is 6.03. The predicted molar refractivity (Wildman–Crippen MR) is 64.4 cm³/mol. The van der Waals surface area contributed by atoms with Crippen molar-refractivity contribution in [3.8, 4) is 0 Å². The average Bonchev–Trinajstić information content (AvgIpc) is 2.82. The van der Waals surface area contributed by atoms with Crippen LogP contribution in [-0.2, 0) is 0 Å². The molecule has 3 nitrogen and oxygen atoms in total. The Balaban J connectivity index is 2.71. The van der Waals surface area contributed by atoms with Gasteiger partial charge in [-0.2, -0.15) is 0 Å². The summed E-state index contributed by atoms with van der Waals surface area (Å²) in [7, 11) is 0. The Morgan fingerprint density at radius 1 is 1.50 bits per heavy atom. The quantitative estimate of drug-likeness (QED) is 0.741. The zero-order valence-electron chi connectivity index (χ0n) is 10.4. The first kappa shape index (κ1) is 12.8. The Bertz CT molecular complexity index is 306. The molecule has 0 fully saturated rings. The lowest BCUT2D eigenvalue weighted by molar-refractivity contribution is 0.0684. The van der Waals surface area contributed by atoms with Crippen LogP contribution in [0.2, 0.25) is 0 Å². The predicted octanol–water partition coefficient (Wildman–Crippen LogP) is 3.32. The van der Waals surface area contributed by atoms with E-state index < -0.39 is 0 Å². The van der Waals surface area contributed by atoms with Crippen LogP contribution >= 0.6 is 0 Å². The number of nitrogens with zero attached hydrogens (tertiary/aromatic N) is 1. The number of hydrogen-bond donors (Lipinski definition) is 0. The van der Waals surface area contributed by atoms with Crippen LogP contribution in [0.15, 0.2) is 23.0 Å². The average molecular weight is 223 g/mol. The van der Waals surface area contributed by atoms with Gasteiger partial charge in [-0.15, -0.1) is 0 Å². The molecule has 16 heavy (non-hydrogen) atoms. The van der Waals surface area contributed by atoms with Crippen molar-refractivity contribution in [1.82, 2.24) is 4.90 Å². The van der Waals surface area contributed by atoms with Gasteiger partial charge in [-0.1, -0.05) is 20.3 Å². The number of rotatable bonds is 6. The summed E-state index contributed by atoms with van der Waals surface area (Å²) in [6, 6.07) is 2.01. The molecule has 1 amide bonds. The Labute approximate surface area is 97.4 Å². The van der Waals surface area contributed by atoms with Crippen molar-refractivity contribution in [3.05, 3.63) is 24.2 Å². The van der Waals surface area contributed by atoms with Crippen LogP contribution in [0.3, 0.4) is 0 Å². The number of unbranched alkanes of at least 4 members (excludes halogenated alkanes) is 1. The molecule has 1 aromatic heterocycles. The lowest BCUT2D eigenvalue weighted by Gasteiger charge is -2.28. The van der Waals surface area contributed by atoms with E-state index >= 15 is 0 Å². The van der Waals surface area contributed by atoms with Gasteiger partial charge in [0.25, 0.3) is 5.91 Å². The standard InChI is InChI=1S/C13H21NO2/c1-4-6-8-14(11(3)5-2)13(15)12-7-9-16-10-12/h7,9-11H,4-6,8H2,1-3H3. The number of carbonyl (C=O) groups excluding carboxylic acids is 1. The lowest BCUT2D eigenvalue weighted by Crippen LogP contribution is -2.38. The largest absolute Gasteiger partial charge is 0.472 e. The molecule has 1 unspecified atom stereocenters. The first-order chi connectivity index (χ1) is 7.70. The molecule has 0 N–H and O–H groups in total. The number of amides is 1. The second kappa shape index (κ2) is 6.36. The molecule has 0 spiro atoms. The van der Waals surface area contributed by atoms with Crippen molar-refractivity contribution in [1.29, 1.82) is 0 Å². The molecule has 1 rings (SSSR count). The fraction of sp³-hybridized carbons (Fsp3) is 0.615. The highest BCUT2D eigenvalue weighted by molar-refractivity contribution is 5.94. The Morgan fingerprint density at radius 3 is 2.75 bits per heavy atom. The van der Waals surface area contributed by atoms with E-state index in [0.717, 1.165) is 25.8 Å². The number of hydrogen-bond acceptors (Lipinski definition) is 2. The maximum atomic E-state index is 12.2. The summed E-state index contributed by atoms with van der Waals surface area (Å²) >= 11 is 0. The van der Waals surface area contributed by atoms with Gasteiger partial charge < -0.3 is 9.32 Å². The van der Waals surface area contributed by atoms with Gasteiger partial charge in [-0.3, -0.25) is 4.79 Å². The fourth-order valence-electron chi connectivity index (χ4n) is 1.62. The Kier molecular flexibility index (Phi) is 5.09. The second-order valence-corrected chi connectivity index (χ2v) is 4.12. The zero-order valence-corrected chi connectivity index (χ0v) is 10.4. The third-order valence-electron chi connectivity index (χ3n) is 2.90. The molecule has 0 aromatic carbocycles. The topological polar surface area (TPSA) is 33.5 Å². The summed E-state index contributed by atoms with van der Waals surface area (Å²) in [5.74, 6) is 0.0801. The van der Waals surface area contributed by atoms with Crippen LogP contribution in [-0.4, -0.2) is 23.4 Å². The normalized spacial score (nSPS) is 12.4. The fourth-order valence-corrected chi connectivity index (χ4v) is 1.62. The van der Waals surface area contributed by atoms with Gasteiger partial charge in [-0.05, 0) is 25.8 Å². The van der Waals surface area contributed by atoms with Crippen LogP contribution in [0.1, 0.15) is 50.4 Å². The molecule has 1 heterocycles. The summed E-state index contributed by atoms with van der Waals surface area (Å²) in [4.78, 5) is 14.1. The molecule has 0 saturated carbocycles. The molecule has 90 valence electrons. The van der Waals surface area contributed by atoms with Crippen molar-refractivity contribution >= 4 is 5.91 Å². The van der Waals surface area contributed by atoms with Gasteiger partial charge in [0.2, 0.25) is 0 Å². The monoisotopic (exact) mass is 223 g/mol. The lowest BCUT2D eigenvalue weighted by atomic mass is 10.1. The van der Waals surface area contributed by atoms with Crippen LogP contribution in [0, 0.1) is 0 Å². The Hall–Kier alpha value is -1.25. The van der Waals surface area contributed by atoms with Gasteiger partial charge in [0.05, 0.1) is 11.8 Å². The van der Waals surface area contributed by atoms with Gasteiger partial charge in [-0.25, -0.2) is 0 Å². The molecule has 1 aromatic rings. The van der Waals surface area contributed by atoms with Crippen molar-refractivity contribution in [2.24, 2.45) is 0 Å². The van der Waals surface area contributed by atoms with Gasteiger partial charge >= 0.3 is 0 Å². The van der Waals surface area contributed by atoms with E-state index in [1.54, 1.807) is 12.3 Å². The van der Waals surface area contributed by atoms with E-state index in [-0.39, 0.29) is 11.9 Å². The molecule has 1 atom stereocenters. The second-order valence-electron chi connectivity index (χ2n) is 4.12. The molecule has 0 aliphatic heterocycles. The van der Waals surface area contributed by atoms with Crippen LogP contribution in [0.25, 0.3) is 0 Å². The van der Waals surface area contributed by atoms with E-state index in [4.69, 9.17) is 4.42 Å². The minimum Gasteiger partial charge on any atom is -0.472 e. The molecule has 3 heteroatoms. The summed E-state index contributed by atoms with van der Waals surface area (Å²) < 4.78 is 4.96. The summed E-state index contributed by atoms with van der Waals surface area (Å²) in [5, 5.41) is 0. The van der Waals surface area contributed by atoms with E-state index in [1.165, 1.54) is 6.26 Å². The molecule has 0 saturated heterocycles. The summed E-state index contributed by atoms with van der Waals surface area (Å²) in [5.41, 5.74) is 0.649. The zero-order chi connectivity index (χ0) is 12.0. The smallest absolute Gasteiger partial charge is 0.257 e. The van der Waals surface area contributed by atoms with Gasteiger partial charge in [0.15, 0.2) is 0 Å². The van der Waals surface area contributed by atoms with Crippen molar-refractivity contribution in [2.75, 3.05) is 6.54 Å². The van der Waals surface area contributed by atoms with Crippen LogP contribution in [0.5, 0.6) is 0 Å². The summed E-state index contributed by atoms with van der Waals surface area (Å²) in [6.45, 7) is 7.16. The van der Waals surface area contributed by atoms with Gasteiger partial charge in [0.1, 0.15) is 6.26 Å². The minimum atomic E-state index is 0.0801. The van der Waals surface area contributed by atoms with Crippen LogP contribution in [0.4, 0.5) is 0 Å². The van der Waals surface area contributed by atoms with E-state index in [1.807, 2.05) is 4.90 Å². The molecule has 0 aliphatic carbocycles. The van der Waals surface area contributed by atoms with Crippen molar-refractivity contribution < 1.29 is 9.21 Å². The maximum absolute atomic E-state index is 12.2. The first-order valence-corrected chi connectivity index (χ1v) is 6.03. The van der Waals surface area contributed by atoms with E-state index in [9.17, 15) is 4.79 Å². The SMILES string of the molecule is CCCCN(C(=O)c1ccoc1)C(C)CC. The highest BCUT2D eigenvalue weighted by Gasteiger charge is 2.20. The van der Waals surface area contributed by atoms with Crippen molar-refractivity contribution in [2.45, 2.75) is 46.1 Å².